The van der Waals surface area contributed by atoms with E-state index in [-0.39, 0.29) is 5.56 Å². The molecule has 0 unspecified atom stereocenters. The summed E-state index contributed by atoms with van der Waals surface area (Å²) >= 11 is 0. The summed E-state index contributed by atoms with van der Waals surface area (Å²) in [5.74, 6) is -2.38. The third kappa shape index (κ3) is 2.45. The van der Waals surface area contributed by atoms with Crippen molar-refractivity contribution in [3.8, 4) is 0 Å². The van der Waals surface area contributed by atoms with Gasteiger partial charge in [0.1, 0.15) is 5.82 Å². The van der Waals surface area contributed by atoms with Gasteiger partial charge in [0.2, 0.25) is 0 Å². The zero-order valence-electron chi connectivity index (χ0n) is 7.56. The van der Waals surface area contributed by atoms with Crippen LogP contribution < -0.4 is 0 Å². The summed E-state index contributed by atoms with van der Waals surface area (Å²) in [5, 5.41) is 0. The number of rotatable bonds is 1. The second-order valence-electron chi connectivity index (χ2n) is 2.68. The number of esters is 1. The molecule has 0 atom stereocenters. The van der Waals surface area contributed by atoms with Crippen LogP contribution >= 0.6 is 0 Å². The van der Waals surface area contributed by atoms with Gasteiger partial charge in [-0.15, -0.1) is 0 Å². The molecule has 0 saturated heterocycles. The van der Waals surface area contributed by atoms with E-state index in [9.17, 15) is 22.4 Å². The summed E-state index contributed by atoms with van der Waals surface area (Å²) in [7, 11) is 1.05. The van der Waals surface area contributed by atoms with Crippen molar-refractivity contribution in [3.63, 3.8) is 0 Å². The Hall–Kier alpha value is -1.59. The number of hydrogen-bond donors (Lipinski definition) is 0. The van der Waals surface area contributed by atoms with Gasteiger partial charge in [0.25, 0.3) is 0 Å². The van der Waals surface area contributed by atoms with Crippen molar-refractivity contribution < 1.29 is 27.1 Å². The van der Waals surface area contributed by atoms with Crippen LogP contribution in [-0.4, -0.2) is 13.1 Å². The van der Waals surface area contributed by atoms with E-state index < -0.39 is 23.5 Å². The molecule has 0 radical (unpaired) electrons. The van der Waals surface area contributed by atoms with E-state index in [0.29, 0.717) is 12.1 Å². The Morgan fingerprint density at radius 2 is 1.93 bits per heavy atom. The molecular formula is C9H6F4O2. The van der Waals surface area contributed by atoms with Crippen molar-refractivity contribution in [3.05, 3.63) is 35.1 Å². The molecule has 0 N–H and O–H groups in total. The average Bonchev–Trinajstić information content (AvgIpc) is 2.14. The molecule has 1 rings (SSSR count). The van der Waals surface area contributed by atoms with E-state index in [4.69, 9.17) is 0 Å². The summed E-state index contributed by atoms with van der Waals surface area (Å²) in [6, 6.07) is 1.86. The van der Waals surface area contributed by atoms with Gasteiger partial charge >= 0.3 is 12.1 Å². The Morgan fingerprint density at radius 1 is 1.33 bits per heavy atom. The first-order valence-electron chi connectivity index (χ1n) is 3.81. The maximum absolute atomic E-state index is 12.9. The molecule has 0 aliphatic heterocycles. The summed E-state index contributed by atoms with van der Waals surface area (Å²) in [4.78, 5) is 10.9. The Balaban J connectivity index is 3.15. The van der Waals surface area contributed by atoms with E-state index in [2.05, 4.69) is 4.74 Å². The lowest BCUT2D eigenvalue weighted by Gasteiger charge is -2.08. The molecule has 6 heteroatoms. The fourth-order valence-corrected chi connectivity index (χ4v) is 0.990. The number of ether oxygens (including phenoxy) is 1. The molecule has 15 heavy (non-hydrogen) atoms. The van der Waals surface area contributed by atoms with Crippen LogP contribution in [0, 0.1) is 5.82 Å². The molecule has 1 aromatic rings. The predicted molar refractivity (Wildman–Crippen MR) is 42.7 cm³/mol. The van der Waals surface area contributed by atoms with Gasteiger partial charge in [0.15, 0.2) is 0 Å². The minimum Gasteiger partial charge on any atom is -0.465 e. The quantitative estimate of drug-likeness (QED) is 0.539. The van der Waals surface area contributed by atoms with Gasteiger partial charge in [-0.3, -0.25) is 0 Å². The molecule has 0 fully saturated rings. The fourth-order valence-electron chi connectivity index (χ4n) is 0.990. The Bertz CT molecular complexity index is 384. The highest BCUT2D eigenvalue weighted by molar-refractivity contribution is 5.89. The number of benzene rings is 1. The molecule has 82 valence electrons. The van der Waals surface area contributed by atoms with Crippen molar-refractivity contribution in [1.29, 1.82) is 0 Å². The molecule has 0 heterocycles. The number of carbonyl (C=O) groups excluding carboxylic acids is 1. The first kappa shape index (κ1) is 11.5. The van der Waals surface area contributed by atoms with Gasteiger partial charge < -0.3 is 4.74 Å². The van der Waals surface area contributed by atoms with Crippen LogP contribution in [0.5, 0.6) is 0 Å². The van der Waals surface area contributed by atoms with Crippen molar-refractivity contribution in [2.75, 3.05) is 7.11 Å². The number of halogens is 4. The Morgan fingerprint density at radius 3 is 2.33 bits per heavy atom. The Labute approximate surface area is 82.5 Å². The molecule has 1 aromatic carbocycles. The van der Waals surface area contributed by atoms with Crippen molar-refractivity contribution >= 4 is 5.97 Å². The Kier molecular flexibility index (Phi) is 2.97. The third-order valence-corrected chi connectivity index (χ3v) is 1.70. The molecule has 0 spiro atoms. The van der Waals surface area contributed by atoms with Crippen molar-refractivity contribution in [2.45, 2.75) is 6.18 Å². The SMILES string of the molecule is COC(=O)c1ccc(C(F)(F)F)c(F)c1. The van der Waals surface area contributed by atoms with Crippen LogP contribution in [0.1, 0.15) is 15.9 Å². The topological polar surface area (TPSA) is 26.3 Å². The molecule has 0 aromatic heterocycles. The van der Waals surface area contributed by atoms with Crippen LogP contribution in [0.2, 0.25) is 0 Å². The van der Waals surface area contributed by atoms with E-state index in [1.807, 2.05) is 0 Å². The van der Waals surface area contributed by atoms with Gasteiger partial charge in [0, 0.05) is 0 Å². The summed E-state index contributed by atoms with van der Waals surface area (Å²) in [6.07, 6.45) is -4.77. The van der Waals surface area contributed by atoms with Gasteiger partial charge in [-0.2, -0.15) is 13.2 Å². The standard InChI is InChI=1S/C9H6F4O2/c1-15-8(14)5-2-3-6(7(10)4-5)9(11,12)13/h2-4H,1H3. The van der Waals surface area contributed by atoms with Gasteiger partial charge in [-0.1, -0.05) is 0 Å². The van der Waals surface area contributed by atoms with E-state index in [1.165, 1.54) is 0 Å². The summed E-state index contributed by atoms with van der Waals surface area (Å²) < 4.78 is 53.5. The molecular weight excluding hydrogens is 216 g/mol. The fraction of sp³-hybridized carbons (Fsp3) is 0.222. The highest BCUT2D eigenvalue weighted by atomic mass is 19.4. The lowest BCUT2D eigenvalue weighted by atomic mass is 10.1. The van der Waals surface area contributed by atoms with Gasteiger partial charge in [-0.05, 0) is 18.2 Å². The van der Waals surface area contributed by atoms with Crippen molar-refractivity contribution in [2.24, 2.45) is 0 Å². The molecule has 0 amide bonds. The lowest BCUT2D eigenvalue weighted by molar-refractivity contribution is -0.140. The number of methoxy groups -OCH3 is 1. The minimum atomic E-state index is -4.77. The molecule has 0 aliphatic rings. The molecule has 2 nitrogen and oxygen atoms in total. The first-order chi connectivity index (χ1) is 6.86. The zero-order chi connectivity index (χ0) is 11.6. The van der Waals surface area contributed by atoms with Crippen molar-refractivity contribution in [1.82, 2.24) is 0 Å². The minimum absolute atomic E-state index is 0.261. The molecule has 0 aliphatic carbocycles. The number of hydrogen-bond acceptors (Lipinski definition) is 2. The van der Waals surface area contributed by atoms with Crippen LogP contribution in [-0.2, 0) is 10.9 Å². The normalized spacial score (nSPS) is 11.3. The van der Waals surface area contributed by atoms with Crippen LogP contribution in [0.25, 0.3) is 0 Å². The summed E-state index contributed by atoms with van der Waals surface area (Å²) in [6.45, 7) is 0. The largest absolute Gasteiger partial charge is 0.465 e. The lowest BCUT2D eigenvalue weighted by Crippen LogP contribution is -2.10. The first-order valence-corrected chi connectivity index (χ1v) is 3.81. The van der Waals surface area contributed by atoms with Crippen LogP contribution in [0.4, 0.5) is 17.6 Å². The van der Waals surface area contributed by atoms with E-state index in [1.54, 1.807) is 0 Å². The van der Waals surface area contributed by atoms with Crippen LogP contribution in [0.3, 0.4) is 0 Å². The highest BCUT2D eigenvalue weighted by Crippen LogP contribution is 2.31. The third-order valence-electron chi connectivity index (χ3n) is 1.70. The van der Waals surface area contributed by atoms with Gasteiger partial charge in [-0.25, -0.2) is 9.18 Å². The average molecular weight is 222 g/mol. The summed E-state index contributed by atoms with van der Waals surface area (Å²) in [5.41, 5.74) is -1.67. The van der Waals surface area contributed by atoms with E-state index in [0.717, 1.165) is 13.2 Å². The number of carbonyl (C=O) groups is 1. The smallest absolute Gasteiger partial charge is 0.419 e. The second kappa shape index (κ2) is 3.88. The zero-order valence-corrected chi connectivity index (χ0v) is 7.56. The maximum Gasteiger partial charge on any atom is 0.419 e. The monoisotopic (exact) mass is 222 g/mol. The highest BCUT2D eigenvalue weighted by Gasteiger charge is 2.34. The molecule has 0 bridgehead atoms. The number of alkyl halides is 3. The maximum atomic E-state index is 12.9. The predicted octanol–water partition coefficient (Wildman–Crippen LogP) is 2.63. The second-order valence-corrected chi connectivity index (χ2v) is 2.68. The molecule has 0 saturated carbocycles. The van der Waals surface area contributed by atoms with E-state index >= 15 is 0 Å². The van der Waals surface area contributed by atoms with Gasteiger partial charge in [0.05, 0.1) is 18.2 Å². The van der Waals surface area contributed by atoms with Crippen LogP contribution in [0.15, 0.2) is 18.2 Å².